The van der Waals surface area contributed by atoms with Crippen molar-refractivity contribution < 1.29 is 4.74 Å². The quantitative estimate of drug-likeness (QED) is 0.469. The van der Waals surface area contributed by atoms with Crippen molar-refractivity contribution in [2.45, 2.75) is 85.2 Å². The first-order valence-electron chi connectivity index (χ1n) is 9.69. The van der Waals surface area contributed by atoms with E-state index in [0.29, 0.717) is 12.1 Å². The summed E-state index contributed by atoms with van der Waals surface area (Å²) in [7, 11) is 0. The van der Waals surface area contributed by atoms with Crippen molar-refractivity contribution in [2.24, 2.45) is 0 Å². The second-order valence-electron chi connectivity index (χ2n) is 6.44. The van der Waals surface area contributed by atoms with Crippen molar-refractivity contribution in [1.29, 1.82) is 0 Å². The molecule has 0 heterocycles. The lowest BCUT2D eigenvalue weighted by atomic mass is 10.2. The molecule has 2 heteroatoms. The molecule has 2 atom stereocenters. The van der Waals surface area contributed by atoms with Gasteiger partial charge in [0.2, 0.25) is 0 Å². The van der Waals surface area contributed by atoms with Crippen LogP contribution in [0.5, 0.6) is 5.75 Å². The number of rotatable bonds is 11. The molecule has 0 aliphatic carbocycles. The normalized spacial score (nSPS) is 12.7. The number of ether oxygens (including phenoxy) is 1. The van der Waals surface area contributed by atoms with Gasteiger partial charge >= 0.3 is 0 Å². The van der Waals surface area contributed by atoms with Gasteiger partial charge in [-0.1, -0.05) is 70.9 Å². The Bertz CT molecular complexity index is 408. The highest BCUT2D eigenvalue weighted by molar-refractivity contribution is 5.55. The van der Waals surface area contributed by atoms with Crippen molar-refractivity contribution >= 4 is 6.08 Å². The van der Waals surface area contributed by atoms with Gasteiger partial charge in [0.15, 0.2) is 0 Å². The fourth-order valence-electron chi connectivity index (χ4n) is 2.21. The SMILES string of the molecule is C=Cc1ccccc1OCCCCCC.CCC(C)NC(C)CC. The summed E-state index contributed by atoms with van der Waals surface area (Å²) in [6.45, 7) is 15.7. The van der Waals surface area contributed by atoms with Crippen molar-refractivity contribution in [3.63, 3.8) is 0 Å². The Morgan fingerprint density at radius 2 is 1.62 bits per heavy atom. The third-order valence-corrected chi connectivity index (χ3v) is 4.19. The molecule has 2 unspecified atom stereocenters. The number of nitrogens with one attached hydrogen (secondary N) is 1. The Labute approximate surface area is 150 Å². The average molecular weight is 334 g/mol. The maximum Gasteiger partial charge on any atom is 0.126 e. The van der Waals surface area contributed by atoms with Crippen LogP contribution in [0.15, 0.2) is 30.8 Å². The molecule has 0 spiro atoms. The summed E-state index contributed by atoms with van der Waals surface area (Å²) >= 11 is 0. The van der Waals surface area contributed by atoms with Gasteiger partial charge in [-0.15, -0.1) is 0 Å². The van der Waals surface area contributed by atoms with E-state index in [1.54, 1.807) is 0 Å². The Morgan fingerprint density at radius 1 is 1.00 bits per heavy atom. The molecule has 2 nitrogen and oxygen atoms in total. The van der Waals surface area contributed by atoms with Gasteiger partial charge in [-0.25, -0.2) is 0 Å². The Balaban J connectivity index is 0.000000506. The van der Waals surface area contributed by atoms with Gasteiger partial charge in [0.1, 0.15) is 5.75 Å². The minimum atomic E-state index is 0.681. The summed E-state index contributed by atoms with van der Waals surface area (Å²) in [6, 6.07) is 9.38. The van der Waals surface area contributed by atoms with Crippen LogP contribution in [0.1, 0.15) is 78.7 Å². The highest BCUT2D eigenvalue weighted by Crippen LogP contribution is 2.19. The highest BCUT2D eigenvalue weighted by atomic mass is 16.5. The first kappa shape index (κ1) is 22.7. The van der Waals surface area contributed by atoms with Crippen LogP contribution in [0.4, 0.5) is 0 Å². The predicted molar refractivity (Wildman–Crippen MR) is 109 cm³/mol. The molecular formula is C22H39NO. The summed E-state index contributed by atoms with van der Waals surface area (Å²) in [6.07, 6.45) is 9.25. The summed E-state index contributed by atoms with van der Waals surface area (Å²) in [5.41, 5.74) is 1.08. The summed E-state index contributed by atoms with van der Waals surface area (Å²) in [5, 5.41) is 3.48. The lowest BCUT2D eigenvalue weighted by Crippen LogP contribution is -2.33. The third kappa shape index (κ3) is 11.3. The monoisotopic (exact) mass is 333 g/mol. The summed E-state index contributed by atoms with van der Waals surface area (Å²) in [4.78, 5) is 0. The van der Waals surface area contributed by atoms with E-state index in [1.807, 2.05) is 30.3 Å². The molecule has 0 radical (unpaired) electrons. The van der Waals surface area contributed by atoms with E-state index < -0.39 is 0 Å². The van der Waals surface area contributed by atoms with Crippen LogP contribution in [0.3, 0.4) is 0 Å². The van der Waals surface area contributed by atoms with Crippen LogP contribution in [-0.4, -0.2) is 18.7 Å². The van der Waals surface area contributed by atoms with Crippen LogP contribution in [0.2, 0.25) is 0 Å². The topological polar surface area (TPSA) is 21.3 Å². The van der Waals surface area contributed by atoms with E-state index in [9.17, 15) is 0 Å². The second-order valence-corrected chi connectivity index (χ2v) is 6.44. The summed E-state index contributed by atoms with van der Waals surface area (Å²) in [5.74, 6) is 0.948. The molecule has 0 fully saturated rings. The highest BCUT2D eigenvalue weighted by Gasteiger charge is 2.01. The molecule has 1 N–H and O–H groups in total. The van der Waals surface area contributed by atoms with E-state index in [0.717, 1.165) is 24.3 Å². The maximum atomic E-state index is 5.70. The molecule has 138 valence electrons. The molecular weight excluding hydrogens is 294 g/mol. The van der Waals surface area contributed by atoms with Crippen LogP contribution < -0.4 is 10.1 Å². The van der Waals surface area contributed by atoms with E-state index in [1.165, 1.54) is 32.1 Å². The first-order chi connectivity index (χ1) is 11.6. The van der Waals surface area contributed by atoms with Gasteiger partial charge in [-0.2, -0.15) is 0 Å². The van der Waals surface area contributed by atoms with Gasteiger partial charge in [0.25, 0.3) is 0 Å². The Morgan fingerprint density at radius 3 is 2.17 bits per heavy atom. The molecule has 24 heavy (non-hydrogen) atoms. The molecule has 0 aromatic heterocycles. The van der Waals surface area contributed by atoms with Gasteiger partial charge < -0.3 is 10.1 Å². The van der Waals surface area contributed by atoms with Gasteiger partial charge in [-0.05, 0) is 39.2 Å². The standard InChI is InChI=1S/C14H20O.C8H19N/c1-3-5-6-9-12-15-14-11-8-7-10-13(14)4-2;1-5-7(3)9-8(4)6-2/h4,7-8,10-11H,2-3,5-6,9,12H2,1H3;7-9H,5-6H2,1-4H3. The fraction of sp³-hybridized carbons (Fsp3) is 0.636. The number of hydrogen-bond donors (Lipinski definition) is 1. The largest absolute Gasteiger partial charge is 0.493 e. The van der Waals surface area contributed by atoms with Crippen molar-refractivity contribution in [1.82, 2.24) is 5.32 Å². The molecule has 1 aromatic rings. The lowest BCUT2D eigenvalue weighted by molar-refractivity contribution is 0.304. The fourth-order valence-corrected chi connectivity index (χ4v) is 2.21. The van der Waals surface area contributed by atoms with Crippen molar-refractivity contribution in [3.05, 3.63) is 36.4 Å². The zero-order valence-electron chi connectivity index (χ0n) is 16.6. The zero-order valence-corrected chi connectivity index (χ0v) is 16.6. The lowest BCUT2D eigenvalue weighted by Gasteiger charge is -2.16. The smallest absolute Gasteiger partial charge is 0.126 e. The first-order valence-corrected chi connectivity index (χ1v) is 9.69. The maximum absolute atomic E-state index is 5.70. The molecule has 1 rings (SSSR count). The minimum absolute atomic E-state index is 0.681. The average Bonchev–Trinajstić information content (AvgIpc) is 2.62. The number of unbranched alkanes of at least 4 members (excludes halogenated alkanes) is 3. The molecule has 0 saturated heterocycles. The van der Waals surface area contributed by atoms with Gasteiger partial charge in [-0.3, -0.25) is 0 Å². The molecule has 0 aliphatic heterocycles. The van der Waals surface area contributed by atoms with Gasteiger partial charge in [0, 0.05) is 17.6 Å². The van der Waals surface area contributed by atoms with Crippen molar-refractivity contribution in [2.75, 3.05) is 6.61 Å². The number of para-hydroxylation sites is 1. The van der Waals surface area contributed by atoms with Crippen molar-refractivity contribution in [3.8, 4) is 5.75 Å². The molecule has 1 aromatic carbocycles. The predicted octanol–water partition coefficient (Wildman–Crippen LogP) is 6.46. The molecule has 0 bridgehead atoms. The third-order valence-electron chi connectivity index (χ3n) is 4.19. The minimum Gasteiger partial charge on any atom is -0.493 e. The Kier molecular flexibility index (Phi) is 14.4. The van der Waals surface area contributed by atoms with E-state index in [2.05, 4.69) is 46.5 Å². The number of hydrogen-bond acceptors (Lipinski definition) is 2. The zero-order chi connectivity index (χ0) is 18.2. The van der Waals surface area contributed by atoms with E-state index in [-0.39, 0.29) is 0 Å². The van der Waals surface area contributed by atoms with Crippen LogP contribution >= 0.6 is 0 Å². The summed E-state index contributed by atoms with van der Waals surface area (Å²) < 4.78 is 5.70. The second kappa shape index (κ2) is 15.3. The van der Waals surface area contributed by atoms with Crippen LogP contribution in [0, 0.1) is 0 Å². The molecule has 0 amide bonds. The van der Waals surface area contributed by atoms with E-state index in [4.69, 9.17) is 4.74 Å². The molecule has 0 aliphatic rings. The van der Waals surface area contributed by atoms with E-state index >= 15 is 0 Å². The van der Waals surface area contributed by atoms with Crippen LogP contribution in [-0.2, 0) is 0 Å². The Hall–Kier alpha value is -1.28. The van der Waals surface area contributed by atoms with Crippen LogP contribution in [0.25, 0.3) is 6.08 Å². The number of benzene rings is 1. The molecule has 0 saturated carbocycles. The van der Waals surface area contributed by atoms with Gasteiger partial charge in [0.05, 0.1) is 6.61 Å².